The number of H-pyrrole nitrogens is 1. The van der Waals surface area contributed by atoms with Gasteiger partial charge in [0.2, 0.25) is 0 Å². The van der Waals surface area contributed by atoms with Gasteiger partial charge in [-0.3, -0.25) is 5.10 Å². The number of aromatic amines is 1. The topological polar surface area (TPSA) is 41.6 Å². The average Bonchev–Trinajstić information content (AvgIpc) is 2.57. The van der Waals surface area contributed by atoms with E-state index in [1.165, 1.54) is 11.1 Å². The van der Waals surface area contributed by atoms with E-state index in [2.05, 4.69) is 41.2 Å². The lowest BCUT2D eigenvalue weighted by molar-refractivity contribution is 1.04. The van der Waals surface area contributed by atoms with E-state index < -0.39 is 0 Å². The third kappa shape index (κ3) is 1.53. The molecule has 14 heavy (non-hydrogen) atoms. The summed E-state index contributed by atoms with van der Waals surface area (Å²) in [7, 11) is 0. The van der Waals surface area contributed by atoms with Crippen LogP contribution in [0.3, 0.4) is 0 Å². The fourth-order valence-electron chi connectivity index (χ4n) is 1.35. The second-order valence-electron chi connectivity index (χ2n) is 3.54. The van der Waals surface area contributed by atoms with Crippen LogP contribution >= 0.6 is 0 Å². The van der Waals surface area contributed by atoms with E-state index in [0.717, 1.165) is 17.2 Å². The molecule has 0 bridgehead atoms. The highest BCUT2D eigenvalue weighted by Gasteiger charge is 2.03. The first-order chi connectivity index (χ1) is 6.66. The summed E-state index contributed by atoms with van der Waals surface area (Å²) in [6.07, 6.45) is 0. The van der Waals surface area contributed by atoms with Gasteiger partial charge in [0.15, 0.2) is 5.82 Å². The molecular formula is C11H13N3. The average molecular weight is 187 g/mol. The van der Waals surface area contributed by atoms with Crippen LogP contribution in [0.15, 0.2) is 18.2 Å². The van der Waals surface area contributed by atoms with Gasteiger partial charge in [-0.1, -0.05) is 12.1 Å². The Kier molecular flexibility index (Phi) is 2.08. The van der Waals surface area contributed by atoms with Crippen LogP contribution in [-0.4, -0.2) is 15.2 Å². The van der Waals surface area contributed by atoms with Gasteiger partial charge in [0.25, 0.3) is 0 Å². The number of aryl methyl sites for hydroxylation is 3. The molecule has 0 fully saturated rings. The highest BCUT2D eigenvalue weighted by molar-refractivity contribution is 5.56. The van der Waals surface area contributed by atoms with Crippen molar-refractivity contribution < 1.29 is 0 Å². The van der Waals surface area contributed by atoms with Gasteiger partial charge in [0, 0.05) is 5.56 Å². The molecule has 0 amide bonds. The molecule has 0 radical (unpaired) electrons. The Bertz CT molecular complexity index is 457. The van der Waals surface area contributed by atoms with Crippen LogP contribution in [0.4, 0.5) is 0 Å². The maximum atomic E-state index is 4.29. The predicted molar refractivity (Wildman–Crippen MR) is 56.0 cm³/mol. The van der Waals surface area contributed by atoms with Gasteiger partial charge in [-0.25, -0.2) is 4.98 Å². The molecule has 2 aromatic rings. The molecule has 1 N–H and O–H groups in total. The quantitative estimate of drug-likeness (QED) is 0.744. The molecule has 1 aromatic heterocycles. The van der Waals surface area contributed by atoms with Crippen LogP contribution in [-0.2, 0) is 0 Å². The molecule has 0 aliphatic carbocycles. The molecule has 0 aliphatic heterocycles. The number of benzene rings is 1. The molecule has 3 heteroatoms. The van der Waals surface area contributed by atoms with Crippen molar-refractivity contribution in [3.63, 3.8) is 0 Å². The molecule has 3 nitrogen and oxygen atoms in total. The zero-order valence-corrected chi connectivity index (χ0v) is 8.63. The number of nitrogens with one attached hydrogen (secondary N) is 1. The Morgan fingerprint density at radius 2 is 1.86 bits per heavy atom. The van der Waals surface area contributed by atoms with Crippen molar-refractivity contribution in [3.05, 3.63) is 35.2 Å². The normalized spacial score (nSPS) is 10.5. The number of hydrogen-bond acceptors (Lipinski definition) is 2. The molecule has 0 spiro atoms. The Morgan fingerprint density at radius 3 is 2.43 bits per heavy atom. The molecule has 1 aromatic carbocycles. The molecule has 0 atom stereocenters. The molecule has 0 saturated heterocycles. The molecule has 72 valence electrons. The summed E-state index contributed by atoms with van der Waals surface area (Å²) in [4.78, 5) is 4.29. The number of rotatable bonds is 1. The Labute approximate surface area is 83.2 Å². The lowest BCUT2D eigenvalue weighted by Crippen LogP contribution is -1.85. The van der Waals surface area contributed by atoms with Gasteiger partial charge < -0.3 is 0 Å². The summed E-state index contributed by atoms with van der Waals surface area (Å²) in [6, 6.07) is 6.25. The van der Waals surface area contributed by atoms with E-state index in [1.54, 1.807) is 0 Å². The van der Waals surface area contributed by atoms with Gasteiger partial charge >= 0.3 is 0 Å². The fraction of sp³-hybridized carbons (Fsp3) is 0.273. The van der Waals surface area contributed by atoms with E-state index in [0.29, 0.717) is 0 Å². The van der Waals surface area contributed by atoms with Gasteiger partial charge in [0.05, 0.1) is 0 Å². The zero-order valence-electron chi connectivity index (χ0n) is 8.63. The van der Waals surface area contributed by atoms with Crippen LogP contribution in [0.2, 0.25) is 0 Å². The lowest BCUT2D eigenvalue weighted by Gasteiger charge is -2.00. The summed E-state index contributed by atoms with van der Waals surface area (Å²) in [5.41, 5.74) is 3.63. The first kappa shape index (κ1) is 8.94. The standard InChI is InChI=1S/C11H13N3/c1-7-4-5-10(6-8(7)2)11-12-9(3)13-14-11/h4-6H,1-3H3,(H,12,13,14). The highest BCUT2D eigenvalue weighted by atomic mass is 15.2. The molecule has 2 rings (SSSR count). The van der Waals surface area contributed by atoms with Crippen molar-refractivity contribution >= 4 is 0 Å². The Morgan fingerprint density at radius 1 is 1.07 bits per heavy atom. The number of nitrogens with zero attached hydrogens (tertiary/aromatic N) is 2. The summed E-state index contributed by atoms with van der Waals surface area (Å²) < 4.78 is 0. The summed E-state index contributed by atoms with van der Waals surface area (Å²) >= 11 is 0. The summed E-state index contributed by atoms with van der Waals surface area (Å²) in [5.74, 6) is 1.61. The van der Waals surface area contributed by atoms with Gasteiger partial charge in [-0.05, 0) is 38.0 Å². The molecule has 0 unspecified atom stereocenters. The van der Waals surface area contributed by atoms with E-state index >= 15 is 0 Å². The number of hydrogen-bond donors (Lipinski definition) is 1. The van der Waals surface area contributed by atoms with Crippen molar-refractivity contribution in [2.75, 3.05) is 0 Å². The minimum Gasteiger partial charge on any atom is -0.263 e. The third-order valence-electron chi connectivity index (χ3n) is 2.36. The van der Waals surface area contributed by atoms with E-state index in [4.69, 9.17) is 0 Å². The first-order valence-electron chi connectivity index (χ1n) is 4.63. The molecule has 0 aliphatic rings. The fourth-order valence-corrected chi connectivity index (χ4v) is 1.35. The number of aromatic nitrogens is 3. The summed E-state index contributed by atoms with van der Waals surface area (Å²) in [6.45, 7) is 6.10. The van der Waals surface area contributed by atoms with E-state index in [9.17, 15) is 0 Å². The minimum absolute atomic E-state index is 0.769. The van der Waals surface area contributed by atoms with Crippen LogP contribution in [0.1, 0.15) is 17.0 Å². The van der Waals surface area contributed by atoms with E-state index in [-0.39, 0.29) is 0 Å². The van der Waals surface area contributed by atoms with E-state index in [1.807, 2.05) is 13.0 Å². The largest absolute Gasteiger partial charge is 0.263 e. The zero-order chi connectivity index (χ0) is 10.1. The van der Waals surface area contributed by atoms with Crippen molar-refractivity contribution in [3.8, 4) is 11.4 Å². The molecule has 0 saturated carbocycles. The minimum atomic E-state index is 0.769. The van der Waals surface area contributed by atoms with Crippen LogP contribution in [0, 0.1) is 20.8 Å². The molecule has 1 heterocycles. The summed E-state index contributed by atoms with van der Waals surface area (Å²) in [5, 5.41) is 6.96. The van der Waals surface area contributed by atoms with Crippen molar-refractivity contribution in [1.82, 2.24) is 15.2 Å². The van der Waals surface area contributed by atoms with Crippen molar-refractivity contribution in [2.45, 2.75) is 20.8 Å². The third-order valence-corrected chi connectivity index (χ3v) is 2.36. The van der Waals surface area contributed by atoms with Gasteiger partial charge in [-0.2, -0.15) is 5.10 Å². The highest BCUT2D eigenvalue weighted by Crippen LogP contribution is 2.18. The maximum Gasteiger partial charge on any atom is 0.181 e. The molecular weight excluding hydrogens is 174 g/mol. The smallest absolute Gasteiger partial charge is 0.181 e. The van der Waals surface area contributed by atoms with Gasteiger partial charge in [0.1, 0.15) is 5.82 Å². The second-order valence-corrected chi connectivity index (χ2v) is 3.54. The predicted octanol–water partition coefficient (Wildman–Crippen LogP) is 2.40. The van der Waals surface area contributed by atoms with Crippen LogP contribution in [0.5, 0.6) is 0 Å². The van der Waals surface area contributed by atoms with Crippen LogP contribution < -0.4 is 0 Å². The second kappa shape index (κ2) is 3.25. The SMILES string of the molecule is Cc1nc(-c2ccc(C)c(C)c2)n[nH]1. The Hall–Kier alpha value is -1.64. The van der Waals surface area contributed by atoms with Crippen molar-refractivity contribution in [1.29, 1.82) is 0 Å². The maximum absolute atomic E-state index is 4.29. The lowest BCUT2D eigenvalue weighted by atomic mass is 10.1. The monoisotopic (exact) mass is 187 g/mol. The Balaban J connectivity index is 2.47. The van der Waals surface area contributed by atoms with Crippen molar-refractivity contribution in [2.24, 2.45) is 0 Å². The van der Waals surface area contributed by atoms with Crippen LogP contribution in [0.25, 0.3) is 11.4 Å². The van der Waals surface area contributed by atoms with Gasteiger partial charge in [-0.15, -0.1) is 0 Å². The first-order valence-corrected chi connectivity index (χ1v) is 4.63.